The van der Waals surface area contributed by atoms with E-state index in [4.69, 9.17) is 9.47 Å². The molecule has 4 nitrogen and oxygen atoms in total. The zero-order chi connectivity index (χ0) is 15.3. The monoisotopic (exact) mass is 279 g/mol. The van der Waals surface area contributed by atoms with Crippen molar-refractivity contribution < 1.29 is 14.3 Å². The molecule has 4 heteroatoms. The van der Waals surface area contributed by atoms with E-state index in [1.165, 1.54) is 7.11 Å². The first-order chi connectivity index (χ1) is 9.26. The molecule has 0 bridgehead atoms. The van der Waals surface area contributed by atoms with Gasteiger partial charge in [0.2, 0.25) is 0 Å². The van der Waals surface area contributed by atoms with Crippen LogP contribution in [0.25, 0.3) is 0 Å². The molecule has 20 heavy (non-hydrogen) atoms. The van der Waals surface area contributed by atoms with E-state index in [1.54, 1.807) is 13.8 Å². The van der Waals surface area contributed by atoms with Gasteiger partial charge in [0.15, 0.2) is 0 Å². The van der Waals surface area contributed by atoms with E-state index in [2.05, 4.69) is 19.2 Å². The maximum absolute atomic E-state index is 12.0. The van der Waals surface area contributed by atoms with Gasteiger partial charge in [-0.05, 0) is 50.5 Å². The average molecular weight is 279 g/mol. The predicted molar refractivity (Wildman–Crippen MR) is 81.2 cm³/mol. The van der Waals surface area contributed by atoms with Crippen molar-refractivity contribution in [2.45, 2.75) is 40.2 Å². The number of benzene rings is 1. The van der Waals surface area contributed by atoms with E-state index in [0.29, 0.717) is 12.5 Å². The molecule has 0 unspecified atom stereocenters. The average Bonchev–Trinajstić information content (AvgIpc) is 2.37. The van der Waals surface area contributed by atoms with Crippen LogP contribution < -0.4 is 10.1 Å². The molecule has 112 valence electrons. The largest absolute Gasteiger partial charge is 0.493 e. The van der Waals surface area contributed by atoms with Crippen molar-refractivity contribution in [1.29, 1.82) is 0 Å². The quantitative estimate of drug-likeness (QED) is 0.868. The second kappa shape index (κ2) is 6.75. The predicted octanol–water partition coefficient (Wildman–Crippen LogP) is 3.39. The minimum absolute atomic E-state index is 0.171. The van der Waals surface area contributed by atoms with Gasteiger partial charge >= 0.3 is 0 Å². The highest BCUT2D eigenvalue weighted by atomic mass is 16.5. The molecule has 0 atom stereocenters. The third kappa shape index (κ3) is 4.53. The van der Waals surface area contributed by atoms with Crippen molar-refractivity contribution in [1.82, 2.24) is 0 Å². The number of hydrogen-bond donors (Lipinski definition) is 1. The molecule has 0 fully saturated rings. The van der Waals surface area contributed by atoms with Crippen LogP contribution in [0.15, 0.2) is 18.2 Å². The zero-order valence-corrected chi connectivity index (χ0v) is 13.2. The van der Waals surface area contributed by atoms with Crippen LogP contribution in [0, 0.1) is 12.8 Å². The molecule has 1 rings (SSSR count). The Balaban J connectivity index is 2.75. The van der Waals surface area contributed by atoms with Gasteiger partial charge in [-0.1, -0.05) is 13.8 Å². The molecule has 0 aromatic heterocycles. The minimum Gasteiger partial charge on any atom is -0.493 e. The minimum atomic E-state index is -0.847. The standard InChI is InChI=1S/C16H25NO3/c1-11(2)10-20-14-8-7-13(9-12(14)3)17-15(18)16(4,5)19-6/h7-9,11H,10H2,1-6H3,(H,17,18). The summed E-state index contributed by atoms with van der Waals surface area (Å²) in [5, 5.41) is 2.85. The van der Waals surface area contributed by atoms with Crippen molar-refractivity contribution >= 4 is 11.6 Å². The van der Waals surface area contributed by atoms with Crippen molar-refractivity contribution in [3.05, 3.63) is 23.8 Å². The SMILES string of the molecule is COC(C)(C)C(=O)Nc1ccc(OCC(C)C)c(C)c1. The van der Waals surface area contributed by atoms with E-state index in [9.17, 15) is 4.79 Å². The molecule has 1 N–H and O–H groups in total. The van der Waals surface area contributed by atoms with Gasteiger partial charge in [0.05, 0.1) is 6.61 Å². The summed E-state index contributed by atoms with van der Waals surface area (Å²) in [6.07, 6.45) is 0. The van der Waals surface area contributed by atoms with Gasteiger partial charge in [-0.3, -0.25) is 4.79 Å². The Morgan fingerprint density at radius 2 is 2.00 bits per heavy atom. The molecule has 0 heterocycles. The summed E-state index contributed by atoms with van der Waals surface area (Å²) in [6, 6.07) is 5.62. The number of carbonyl (C=O) groups excluding carboxylic acids is 1. The molecule has 0 saturated carbocycles. The summed E-state index contributed by atoms with van der Waals surface area (Å²) in [7, 11) is 1.52. The van der Waals surface area contributed by atoms with Gasteiger partial charge in [-0.15, -0.1) is 0 Å². The maximum atomic E-state index is 12.0. The van der Waals surface area contributed by atoms with Crippen LogP contribution in [0.2, 0.25) is 0 Å². The van der Waals surface area contributed by atoms with Crippen molar-refractivity contribution in [3.8, 4) is 5.75 Å². The van der Waals surface area contributed by atoms with Gasteiger partial charge in [0, 0.05) is 12.8 Å². The fourth-order valence-electron chi connectivity index (χ4n) is 1.52. The molecule has 0 aliphatic rings. The van der Waals surface area contributed by atoms with Gasteiger partial charge < -0.3 is 14.8 Å². The van der Waals surface area contributed by atoms with Crippen LogP contribution in [-0.2, 0) is 9.53 Å². The molecular formula is C16H25NO3. The summed E-state index contributed by atoms with van der Waals surface area (Å²) < 4.78 is 10.9. The number of carbonyl (C=O) groups is 1. The lowest BCUT2D eigenvalue weighted by Crippen LogP contribution is -2.38. The van der Waals surface area contributed by atoms with Crippen LogP contribution in [0.3, 0.4) is 0 Å². The third-order valence-electron chi connectivity index (χ3n) is 3.06. The van der Waals surface area contributed by atoms with E-state index in [-0.39, 0.29) is 5.91 Å². The fourth-order valence-corrected chi connectivity index (χ4v) is 1.52. The second-order valence-electron chi connectivity index (χ2n) is 5.85. The molecule has 1 aromatic carbocycles. The molecule has 1 amide bonds. The molecule has 0 radical (unpaired) electrons. The van der Waals surface area contributed by atoms with Gasteiger partial charge in [-0.25, -0.2) is 0 Å². The van der Waals surface area contributed by atoms with Crippen LogP contribution in [-0.4, -0.2) is 25.2 Å². The highest BCUT2D eigenvalue weighted by Gasteiger charge is 2.26. The Morgan fingerprint density at radius 3 is 2.50 bits per heavy atom. The number of amides is 1. The Labute approximate surface area is 121 Å². The lowest BCUT2D eigenvalue weighted by atomic mass is 10.1. The van der Waals surface area contributed by atoms with E-state index in [0.717, 1.165) is 17.0 Å². The van der Waals surface area contributed by atoms with Crippen LogP contribution in [0.1, 0.15) is 33.3 Å². The van der Waals surface area contributed by atoms with E-state index < -0.39 is 5.60 Å². The van der Waals surface area contributed by atoms with E-state index in [1.807, 2.05) is 25.1 Å². The second-order valence-corrected chi connectivity index (χ2v) is 5.85. The number of hydrogen-bond acceptors (Lipinski definition) is 3. The molecular weight excluding hydrogens is 254 g/mol. The van der Waals surface area contributed by atoms with Crippen molar-refractivity contribution in [2.24, 2.45) is 5.92 Å². The number of methoxy groups -OCH3 is 1. The first kappa shape index (κ1) is 16.5. The third-order valence-corrected chi connectivity index (χ3v) is 3.06. The van der Waals surface area contributed by atoms with Crippen LogP contribution in [0.5, 0.6) is 5.75 Å². The lowest BCUT2D eigenvalue weighted by molar-refractivity contribution is -0.133. The number of ether oxygens (including phenoxy) is 2. The fraction of sp³-hybridized carbons (Fsp3) is 0.562. The summed E-state index contributed by atoms with van der Waals surface area (Å²) in [5.74, 6) is 1.16. The Hall–Kier alpha value is -1.55. The summed E-state index contributed by atoms with van der Waals surface area (Å²) in [4.78, 5) is 12.0. The molecule has 0 saturated heterocycles. The van der Waals surface area contributed by atoms with Gasteiger partial charge in [0.25, 0.3) is 5.91 Å². The van der Waals surface area contributed by atoms with Crippen LogP contribution in [0.4, 0.5) is 5.69 Å². The Bertz CT molecular complexity index is 467. The summed E-state index contributed by atoms with van der Waals surface area (Å²) >= 11 is 0. The maximum Gasteiger partial charge on any atom is 0.256 e. The van der Waals surface area contributed by atoms with E-state index >= 15 is 0 Å². The topological polar surface area (TPSA) is 47.6 Å². The van der Waals surface area contributed by atoms with Gasteiger partial charge in [-0.2, -0.15) is 0 Å². The lowest BCUT2D eigenvalue weighted by Gasteiger charge is -2.22. The molecule has 0 aliphatic heterocycles. The number of rotatable bonds is 6. The van der Waals surface area contributed by atoms with Crippen molar-refractivity contribution in [2.75, 3.05) is 19.0 Å². The highest BCUT2D eigenvalue weighted by Crippen LogP contribution is 2.23. The Kier molecular flexibility index (Phi) is 5.57. The number of anilines is 1. The molecule has 0 aliphatic carbocycles. The summed E-state index contributed by atoms with van der Waals surface area (Å²) in [5.41, 5.74) is 0.897. The highest BCUT2D eigenvalue weighted by molar-refractivity contribution is 5.96. The first-order valence-electron chi connectivity index (χ1n) is 6.86. The zero-order valence-electron chi connectivity index (χ0n) is 13.2. The summed E-state index contributed by atoms with van der Waals surface area (Å²) in [6.45, 7) is 10.3. The molecule has 0 spiro atoms. The van der Waals surface area contributed by atoms with Gasteiger partial charge in [0.1, 0.15) is 11.4 Å². The normalized spacial score (nSPS) is 11.6. The number of nitrogens with one attached hydrogen (secondary N) is 1. The molecule has 1 aromatic rings. The Morgan fingerprint density at radius 1 is 1.35 bits per heavy atom. The number of aryl methyl sites for hydroxylation is 1. The van der Waals surface area contributed by atoms with Crippen molar-refractivity contribution in [3.63, 3.8) is 0 Å². The van der Waals surface area contributed by atoms with Crippen LogP contribution >= 0.6 is 0 Å². The smallest absolute Gasteiger partial charge is 0.256 e. The first-order valence-corrected chi connectivity index (χ1v) is 6.86.